The molecule has 0 aromatic heterocycles. The van der Waals surface area contributed by atoms with Gasteiger partial charge >= 0.3 is 0 Å². The predicted molar refractivity (Wildman–Crippen MR) is 62.0 cm³/mol. The molecule has 86 valence electrons. The Morgan fingerprint density at radius 1 is 1.31 bits per heavy atom. The largest absolute Gasteiger partial charge is 0.269 e. The molecule has 0 aliphatic rings. The number of benzene rings is 1. The first-order valence-electron chi connectivity index (χ1n) is 4.65. The first-order chi connectivity index (χ1) is 7.41. The number of amides is 1. The lowest BCUT2D eigenvalue weighted by atomic mass is 10.2. The standard InChI is InChI=1S/C11H13NO3S/c1-9(2)11(13)12-16(14,15)8-10-6-4-3-5-7-10/h3-7H,1,8H2,2H3,(H,12,13). The van der Waals surface area contributed by atoms with E-state index in [1.54, 1.807) is 30.3 Å². The van der Waals surface area contributed by atoms with Gasteiger partial charge in [-0.25, -0.2) is 13.1 Å². The van der Waals surface area contributed by atoms with E-state index in [-0.39, 0.29) is 11.3 Å². The maximum atomic E-state index is 11.5. The van der Waals surface area contributed by atoms with Crippen LogP contribution in [0, 0.1) is 0 Å². The van der Waals surface area contributed by atoms with E-state index in [1.165, 1.54) is 6.92 Å². The number of sulfonamides is 1. The van der Waals surface area contributed by atoms with Crippen molar-refractivity contribution in [2.45, 2.75) is 12.7 Å². The quantitative estimate of drug-likeness (QED) is 0.803. The summed E-state index contributed by atoms with van der Waals surface area (Å²) in [4.78, 5) is 11.2. The maximum absolute atomic E-state index is 11.5. The van der Waals surface area contributed by atoms with Crippen LogP contribution in [0.2, 0.25) is 0 Å². The van der Waals surface area contributed by atoms with Gasteiger partial charge in [0.2, 0.25) is 10.0 Å². The van der Waals surface area contributed by atoms with E-state index in [4.69, 9.17) is 0 Å². The van der Waals surface area contributed by atoms with E-state index in [0.717, 1.165) is 0 Å². The van der Waals surface area contributed by atoms with Crippen molar-refractivity contribution >= 4 is 15.9 Å². The SMILES string of the molecule is C=C(C)C(=O)NS(=O)(=O)Cc1ccccc1. The van der Waals surface area contributed by atoms with Crippen LogP contribution in [-0.4, -0.2) is 14.3 Å². The van der Waals surface area contributed by atoms with Crippen LogP contribution in [0.5, 0.6) is 0 Å². The number of rotatable bonds is 4. The van der Waals surface area contributed by atoms with Gasteiger partial charge in [0.05, 0.1) is 5.75 Å². The van der Waals surface area contributed by atoms with E-state index in [2.05, 4.69) is 6.58 Å². The summed E-state index contributed by atoms with van der Waals surface area (Å²) in [5.41, 5.74) is 0.793. The monoisotopic (exact) mass is 239 g/mol. The van der Waals surface area contributed by atoms with Gasteiger partial charge in [0.15, 0.2) is 0 Å². The zero-order valence-corrected chi connectivity index (χ0v) is 9.75. The van der Waals surface area contributed by atoms with Crippen molar-refractivity contribution in [3.05, 3.63) is 48.0 Å². The van der Waals surface area contributed by atoms with Gasteiger partial charge in [-0.05, 0) is 12.5 Å². The number of carbonyl (C=O) groups excluding carboxylic acids is 1. The summed E-state index contributed by atoms with van der Waals surface area (Å²) < 4.78 is 25.0. The van der Waals surface area contributed by atoms with Crippen molar-refractivity contribution in [1.82, 2.24) is 4.72 Å². The molecule has 1 N–H and O–H groups in total. The molecule has 0 aliphatic carbocycles. The average molecular weight is 239 g/mol. The van der Waals surface area contributed by atoms with Crippen LogP contribution in [-0.2, 0) is 20.6 Å². The Morgan fingerprint density at radius 2 is 1.88 bits per heavy atom. The second-order valence-corrected chi connectivity index (χ2v) is 5.18. The van der Waals surface area contributed by atoms with E-state index >= 15 is 0 Å². The molecule has 0 radical (unpaired) electrons. The summed E-state index contributed by atoms with van der Waals surface area (Å²) in [7, 11) is -3.64. The Hall–Kier alpha value is -1.62. The normalized spacial score (nSPS) is 10.8. The fourth-order valence-electron chi connectivity index (χ4n) is 1.06. The van der Waals surface area contributed by atoms with Gasteiger partial charge in [0.1, 0.15) is 0 Å². The molecule has 16 heavy (non-hydrogen) atoms. The third kappa shape index (κ3) is 3.86. The minimum atomic E-state index is -3.64. The molecule has 1 aromatic carbocycles. The highest BCUT2D eigenvalue weighted by Crippen LogP contribution is 2.04. The second kappa shape index (κ2) is 4.94. The van der Waals surface area contributed by atoms with Crippen molar-refractivity contribution in [3.63, 3.8) is 0 Å². The lowest BCUT2D eigenvalue weighted by molar-refractivity contribution is -0.115. The molecule has 0 unspecified atom stereocenters. The zero-order valence-electron chi connectivity index (χ0n) is 8.93. The number of carbonyl (C=O) groups is 1. The van der Waals surface area contributed by atoms with Gasteiger partial charge in [-0.1, -0.05) is 36.9 Å². The van der Waals surface area contributed by atoms with Crippen molar-refractivity contribution in [2.75, 3.05) is 0 Å². The van der Waals surface area contributed by atoms with E-state index in [1.807, 2.05) is 4.72 Å². The van der Waals surface area contributed by atoms with Crippen LogP contribution in [0.4, 0.5) is 0 Å². The van der Waals surface area contributed by atoms with Gasteiger partial charge in [0.25, 0.3) is 5.91 Å². The fraction of sp³-hybridized carbons (Fsp3) is 0.182. The molecule has 0 aliphatic heterocycles. The Kier molecular flexibility index (Phi) is 3.84. The van der Waals surface area contributed by atoms with Crippen LogP contribution in [0.25, 0.3) is 0 Å². The first kappa shape index (κ1) is 12.4. The molecule has 0 spiro atoms. The van der Waals surface area contributed by atoms with Gasteiger partial charge in [0, 0.05) is 5.57 Å². The first-order valence-corrected chi connectivity index (χ1v) is 6.30. The highest BCUT2D eigenvalue weighted by atomic mass is 32.2. The summed E-state index contributed by atoms with van der Waals surface area (Å²) in [6, 6.07) is 8.65. The third-order valence-corrected chi connectivity index (χ3v) is 3.05. The lowest BCUT2D eigenvalue weighted by Gasteiger charge is -2.06. The highest BCUT2D eigenvalue weighted by Gasteiger charge is 2.15. The summed E-state index contributed by atoms with van der Waals surface area (Å²) >= 11 is 0. The number of nitrogens with one attached hydrogen (secondary N) is 1. The summed E-state index contributed by atoms with van der Waals surface area (Å²) in [5, 5.41) is 0. The van der Waals surface area contributed by atoms with Crippen LogP contribution in [0.15, 0.2) is 42.5 Å². The molecule has 1 aromatic rings. The second-order valence-electron chi connectivity index (χ2n) is 3.46. The molecule has 1 amide bonds. The molecule has 0 atom stereocenters. The molecule has 0 saturated carbocycles. The molecule has 1 rings (SSSR count). The lowest BCUT2D eigenvalue weighted by Crippen LogP contribution is -2.31. The highest BCUT2D eigenvalue weighted by molar-refractivity contribution is 7.89. The molecule has 5 heteroatoms. The molecular formula is C11H13NO3S. The van der Waals surface area contributed by atoms with E-state index < -0.39 is 15.9 Å². The Balaban J connectivity index is 2.74. The van der Waals surface area contributed by atoms with Gasteiger partial charge in [-0.15, -0.1) is 0 Å². The van der Waals surface area contributed by atoms with Crippen LogP contribution < -0.4 is 4.72 Å². The minimum absolute atomic E-state index is 0.164. The number of hydrogen-bond donors (Lipinski definition) is 1. The van der Waals surface area contributed by atoms with Crippen molar-refractivity contribution < 1.29 is 13.2 Å². The predicted octanol–water partition coefficient (Wildman–Crippen LogP) is 1.21. The van der Waals surface area contributed by atoms with E-state index in [0.29, 0.717) is 5.56 Å². The molecule has 0 bridgehead atoms. The summed E-state index contributed by atoms with van der Waals surface area (Å²) in [5.74, 6) is -0.886. The van der Waals surface area contributed by atoms with Gasteiger partial charge in [-0.3, -0.25) is 4.79 Å². The van der Waals surface area contributed by atoms with Crippen molar-refractivity contribution in [3.8, 4) is 0 Å². The average Bonchev–Trinajstić information content (AvgIpc) is 2.17. The Bertz CT molecular complexity index is 491. The number of hydrogen-bond acceptors (Lipinski definition) is 3. The smallest absolute Gasteiger partial charge is 0.259 e. The molecule has 0 saturated heterocycles. The molecular weight excluding hydrogens is 226 g/mol. The van der Waals surface area contributed by atoms with Crippen LogP contribution in [0.3, 0.4) is 0 Å². The third-order valence-electron chi connectivity index (χ3n) is 1.84. The van der Waals surface area contributed by atoms with Crippen molar-refractivity contribution in [2.24, 2.45) is 0 Å². The Morgan fingerprint density at radius 3 is 2.38 bits per heavy atom. The zero-order chi connectivity index (χ0) is 12.2. The molecule has 4 nitrogen and oxygen atoms in total. The maximum Gasteiger partial charge on any atom is 0.259 e. The van der Waals surface area contributed by atoms with Gasteiger partial charge < -0.3 is 0 Å². The van der Waals surface area contributed by atoms with Crippen molar-refractivity contribution in [1.29, 1.82) is 0 Å². The van der Waals surface area contributed by atoms with Crippen LogP contribution >= 0.6 is 0 Å². The Labute approximate surface area is 95.0 Å². The molecule has 0 fully saturated rings. The topological polar surface area (TPSA) is 63.2 Å². The summed E-state index contributed by atoms with van der Waals surface area (Å²) in [6.07, 6.45) is 0. The summed E-state index contributed by atoms with van der Waals surface area (Å²) in [6.45, 7) is 4.82. The minimum Gasteiger partial charge on any atom is -0.269 e. The molecule has 0 heterocycles. The van der Waals surface area contributed by atoms with Gasteiger partial charge in [-0.2, -0.15) is 0 Å². The van der Waals surface area contributed by atoms with Crippen LogP contribution in [0.1, 0.15) is 12.5 Å². The van der Waals surface area contributed by atoms with E-state index in [9.17, 15) is 13.2 Å². The fourth-order valence-corrected chi connectivity index (χ4v) is 2.22.